The molecule has 0 bridgehead atoms. The molecule has 1 aliphatic rings. The molecular weight excluding hydrogens is 212 g/mol. The van der Waals surface area contributed by atoms with Crippen molar-refractivity contribution in [1.29, 1.82) is 0 Å². The lowest BCUT2D eigenvalue weighted by Crippen LogP contribution is -2.46. The Labute approximate surface area is 106 Å². The van der Waals surface area contributed by atoms with Crippen molar-refractivity contribution in [3.05, 3.63) is 0 Å². The number of nitrogens with one attached hydrogen (secondary N) is 1. The van der Waals surface area contributed by atoms with Crippen molar-refractivity contribution in [2.24, 2.45) is 17.1 Å². The van der Waals surface area contributed by atoms with Gasteiger partial charge in [-0.2, -0.15) is 0 Å². The van der Waals surface area contributed by atoms with E-state index in [2.05, 4.69) is 19.2 Å². The maximum atomic E-state index is 11.6. The summed E-state index contributed by atoms with van der Waals surface area (Å²) < 4.78 is 0. The summed E-state index contributed by atoms with van der Waals surface area (Å²) in [6, 6.07) is 0. The van der Waals surface area contributed by atoms with Gasteiger partial charge in [0, 0.05) is 13.0 Å². The zero-order valence-electron chi connectivity index (χ0n) is 11.4. The number of rotatable bonds is 8. The van der Waals surface area contributed by atoms with E-state index in [1.807, 2.05) is 0 Å². The van der Waals surface area contributed by atoms with Crippen molar-refractivity contribution in [3.63, 3.8) is 0 Å². The van der Waals surface area contributed by atoms with Crippen LogP contribution in [0.5, 0.6) is 0 Å². The summed E-state index contributed by atoms with van der Waals surface area (Å²) in [7, 11) is 0. The standard InChI is InChI=1S/C14H28N2O/c1-12(2)6-3-4-7-13(17)16-11-14(10-15)8-5-9-14/h12H,3-11,15H2,1-2H3,(H,16,17). The topological polar surface area (TPSA) is 55.1 Å². The van der Waals surface area contributed by atoms with Gasteiger partial charge in [-0.1, -0.05) is 33.1 Å². The van der Waals surface area contributed by atoms with Crippen molar-refractivity contribution < 1.29 is 4.79 Å². The quantitative estimate of drug-likeness (QED) is 0.640. The molecule has 1 aliphatic carbocycles. The SMILES string of the molecule is CC(C)CCCCC(=O)NCC1(CN)CCC1. The van der Waals surface area contributed by atoms with Crippen LogP contribution in [-0.2, 0) is 4.79 Å². The Kier molecular flexibility index (Phi) is 5.96. The smallest absolute Gasteiger partial charge is 0.220 e. The van der Waals surface area contributed by atoms with Gasteiger partial charge in [0.2, 0.25) is 5.91 Å². The van der Waals surface area contributed by atoms with E-state index < -0.39 is 0 Å². The van der Waals surface area contributed by atoms with Crippen LogP contribution >= 0.6 is 0 Å². The van der Waals surface area contributed by atoms with E-state index in [9.17, 15) is 4.79 Å². The van der Waals surface area contributed by atoms with Crippen molar-refractivity contribution >= 4 is 5.91 Å². The minimum Gasteiger partial charge on any atom is -0.355 e. The predicted molar refractivity (Wildman–Crippen MR) is 71.7 cm³/mol. The summed E-state index contributed by atoms with van der Waals surface area (Å²) in [5.74, 6) is 0.946. The first-order chi connectivity index (χ1) is 8.08. The van der Waals surface area contributed by atoms with Gasteiger partial charge in [-0.15, -0.1) is 0 Å². The van der Waals surface area contributed by atoms with Crippen LogP contribution in [0.15, 0.2) is 0 Å². The van der Waals surface area contributed by atoms with Gasteiger partial charge in [0.1, 0.15) is 0 Å². The van der Waals surface area contributed by atoms with Crippen molar-refractivity contribution in [1.82, 2.24) is 5.32 Å². The molecule has 0 heterocycles. The highest BCUT2D eigenvalue weighted by atomic mass is 16.1. The molecule has 0 unspecified atom stereocenters. The largest absolute Gasteiger partial charge is 0.355 e. The van der Waals surface area contributed by atoms with E-state index in [1.54, 1.807) is 0 Å². The Morgan fingerprint density at radius 1 is 1.35 bits per heavy atom. The van der Waals surface area contributed by atoms with Crippen LogP contribution in [0.25, 0.3) is 0 Å². The maximum Gasteiger partial charge on any atom is 0.220 e. The third-order valence-electron chi connectivity index (χ3n) is 3.94. The van der Waals surface area contributed by atoms with Crippen molar-refractivity contribution in [2.45, 2.75) is 58.8 Å². The van der Waals surface area contributed by atoms with E-state index in [4.69, 9.17) is 5.73 Å². The third kappa shape index (κ3) is 5.07. The number of carbonyl (C=O) groups excluding carboxylic acids is 1. The molecule has 3 N–H and O–H groups in total. The summed E-state index contributed by atoms with van der Waals surface area (Å²) >= 11 is 0. The van der Waals surface area contributed by atoms with Crippen LogP contribution in [0.1, 0.15) is 58.8 Å². The monoisotopic (exact) mass is 240 g/mol. The average molecular weight is 240 g/mol. The Balaban J connectivity index is 2.05. The van der Waals surface area contributed by atoms with Gasteiger partial charge >= 0.3 is 0 Å². The van der Waals surface area contributed by atoms with Crippen molar-refractivity contribution in [2.75, 3.05) is 13.1 Å². The van der Waals surface area contributed by atoms with Crippen LogP contribution in [0.2, 0.25) is 0 Å². The number of nitrogens with two attached hydrogens (primary N) is 1. The van der Waals surface area contributed by atoms with E-state index in [0.29, 0.717) is 13.0 Å². The second-order valence-electron chi connectivity index (χ2n) is 5.97. The lowest BCUT2D eigenvalue weighted by atomic mass is 9.69. The zero-order valence-corrected chi connectivity index (χ0v) is 11.4. The Hall–Kier alpha value is -0.570. The van der Waals surface area contributed by atoms with Crippen molar-refractivity contribution in [3.8, 4) is 0 Å². The van der Waals surface area contributed by atoms with Crippen LogP contribution in [-0.4, -0.2) is 19.0 Å². The number of hydrogen-bond donors (Lipinski definition) is 2. The van der Waals surface area contributed by atoms with E-state index in [0.717, 1.165) is 25.3 Å². The lowest BCUT2D eigenvalue weighted by Gasteiger charge is -2.41. The fourth-order valence-electron chi connectivity index (χ4n) is 2.34. The lowest BCUT2D eigenvalue weighted by molar-refractivity contribution is -0.122. The summed E-state index contributed by atoms with van der Waals surface area (Å²) in [5.41, 5.74) is 5.99. The first-order valence-electron chi connectivity index (χ1n) is 7.05. The first-order valence-corrected chi connectivity index (χ1v) is 7.05. The first kappa shape index (κ1) is 14.5. The fourth-order valence-corrected chi connectivity index (χ4v) is 2.34. The molecular formula is C14H28N2O. The molecule has 0 aromatic heterocycles. The van der Waals surface area contributed by atoms with Gasteiger partial charge < -0.3 is 11.1 Å². The molecule has 1 fully saturated rings. The van der Waals surface area contributed by atoms with Gasteiger partial charge in [-0.25, -0.2) is 0 Å². The molecule has 1 amide bonds. The summed E-state index contributed by atoms with van der Waals surface area (Å²) in [4.78, 5) is 11.6. The number of amides is 1. The third-order valence-corrected chi connectivity index (χ3v) is 3.94. The molecule has 3 heteroatoms. The maximum absolute atomic E-state index is 11.6. The normalized spacial score (nSPS) is 17.9. The molecule has 17 heavy (non-hydrogen) atoms. The minimum absolute atomic E-state index is 0.202. The summed E-state index contributed by atoms with van der Waals surface area (Å²) in [5, 5.41) is 3.05. The zero-order chi connectivity index (χ0) is 12.7. The molecule has 1 rings (SSSR count). The van der Waals surface area contributed by atoms with E-state index in [-0.39, 0.29) is 11.3 Å². The number of hydrogen-bond acceptors (Lipinski definition) is 2. The molecule has 0 atom stereocenters. The van der Waals surface area contributed by atoms with Gasteiger partial charge in [-0.05, 0) is 37.1 Å². The molecule has 100 valence electrons. The van der Waals surface area contributed by atoms with Crippen LogP contribution in [0, 0.1) is 11.3 Å². The molecule has 0 aromatic carbocycles. The fraction of sp³-hybridized carbons (Fsp3) is 0.929. The molecule has 3 nitrogen and oxygen atoms in total. The molecule has 0 saturated heterocycles. The number of unbranched alkanes of at least 4 members (excludes halogenated alkanes) is 1. The summed E-state index contributed by atoms with van der Waals surface area (Å²) in [6.45, 7) is 5.94. The minimum atomic E-state index is 0.202. The molecule has 0 aliphatic heterocycles. The van der Waals surface area contributed by atoms with Crippen LogP contribution in [0.4, 0.5) is 0 Å². The van der Waals surface area contributed by atoms with Gasteiger partial charge in [0.15, 0.2) is 0 Å². The molecule has 0 aromatic rings. The highest BCUT2D eigenvalue weighted by molar-refractivity contribution is 5.75. The van der Waals surface area contributed by atoms with E-state index >= 15 is 0 Å². The van der Waals surface area contributed by atoms with Gasteiger partial charge in [0.05, 0.1) is 0 Å². The second-order valence-corrected chi connectivity index (χ2v) is 5.97. The Bertz CT molecular complexity index is 229. The molecule has 0 spiro atoms. The van der Waals surface area contributed by atoms with Crippen LogP contribution < -0.4 is 11.1 Å². The molecule has 1 saturated carbocycles. The van der Waals surface area contributed by atoms with Gasteiger partial charge in [-0.3, -0.25) is 4.79 Å². The second kappa shape index (κ2) is 7.00. The Morgan fingerprint density at radius 2 is 2.06 bits per heavy atom. The highest BCUT2D eigenvalue weighted by Crippen LogP contribution is 2.39. The van der Waals surface area contributed by atoms with E-state index in [1.165, 1.54) is 25.7 Å². The number of carbonyl (C=O) groups is 1. The Morgan fingerprint density at radius 3 is 2.53 bits per heavy atom. The molecule has 0 radical (unpaired) electrons. The predicted octanol–water partition coefficient (Wildman–Crippen LogP) is 2.45. The van der Waals surface area contributed by atoms with Crippen LogP contribution in [0.3, 0.4) is 0 Å². The average Bonchev–Trinajstić information content (AvgIpc) is 2.23. The summed E-state index contributed by atoms with van der Waals surface area (Å²) in [6.07, 6.45) is 7.69. The highest BCUT2D eigenvalue weighted by Gasteiger charge is 2.35. The van der Waals surface area contributed by atoms with Gasteiger partial charge in [0.25, 0.3) is 0 Å².